The number of hydrogen-bond donors (Lipinski definition) is 0. The van der Waals surface area contributed by atoms with E-state index in [1.807, 2.05) is 0 Å². The average molecular weight is 320 g/mol. The monoisotopic (exact) mass is 320 g/mol. The van der Waals surface area contributed by atoms with Crippen LogP contribution in [0.15, 0.2) is 12.1 Å². The van der Waals surface area contributed by atoms with E-state index >= 15 is 0 Å². The molecule has 0 unspecified atom stereocenters. The van der Waals surface area contributed by atoms with Crippen molar-refractivity contribution in [3.8, 4) is 17.2 Å². The normalized spacial score (nSPS) is 25.2. The third-order valence-electron chi connectivity index (χ3n) is 5.33. The van der Waals surface area contributed by atoms with Gasteiger partial charge in [0.15, 0.2) is 11.5 Å². The summed E-state index contributed by atoms with van der Waals surface area (Å²) in [6.45, 7) is 6.85. The zero-order valence-electron chi connectivity index (χ0n) is 14.7. The lowest BCUT2D eigenvalue weighted by Gasteiger charge is -2.43. The lowest BCUT2D eigenvalue weighted by Crippen LogP contribution is -2.55. The molecule has 5 heteroatoms. The Balaban J connectivity index is 1.79. The van der Waals surface area contributed by atoms with Crippen LogP contribution in [0.3, 0.4) is 0 Å². The molecular weight excluding hydrogens is 292 g/mol. The lowest BCUT2D eigenvalue weighted by molar-refractivity contribution is 0.0469. The highest BCUT2D eigenvalue weighted by Crippen LogP contribution is 2.39. The molecule has 0 aliphatic carbocycles. The van der Waals surface area contributed by atoms with Gasteiger partial charge in [0.25, 0.3) is 0 Å². The molecule has 0 aromatic heterocycles. The van der Waals surface area contributed by atoms with Crippen molar-refractivity contribution in [1.82, 2.24) is 9.80 Å². The fourth-order valence-electron chi connectivity index (χ4n) is 4.06. The first kappa shape index (κ1) is 16.4. The Morgan fingerprint density at radius 3 is 2.30 bits per heavy atom. The summed E-state index contributed by atoms with van der Waals surface area (Å²) >= 11 is 0. The summed E-state index contributed by atoms with van der Waals surface area (Å²) in [7, 11) is 4.98. The van der Waals surface area contributed by atoms with E-state index in [1.54, 1.807) is 21.3 Å². The molecular formula is C18H28N2O3. The van der Waals surface area contributed by atoms with Gasteiger partial charge in [-0.25, -0.2) is 0 Å². The van der Waals surface area contributed by atoms with Crippen molar-refractivity contribution >= 4 is 0 Å². The van der Waals surface area contributed by atoms with Crippen LogP contribution < -0.4 is 14.2 Å². The van der Waals surface area contributed by atoms with E-state index in [0.717, 1.165) is 24.6 Å². The van der Waals surface area contributed by atoms with Crippen molar-refractivity contribution in [1.29, 1.82) is 0 Å². The van der Waals surface area contributed by atoms with Gasteiger partial charge >= 0.3 is 0 Å². The Bertz CT molecular complexity index is 524. The molecule has 2 fully saturated rings. The third-order valence-corrected chi connectivity index (χ3v) is 5.33. The van der Waals surface area contributed by atoms with Gasteiger partial charge in [0, 0.05) is 31.7 Å². The molecule has 0 amide bonds. The second-order valence-electron chi connectivity index (χ2n) is 6.49. The van der Waals surface area contributed by atoms with Gasteiger partial charge in [-0.05, 0) is 44.0 Å². The number of rotatable bonds is 5. The molecule has 23 heavy (non-hydrogen) atoms. The smallest absolute Gasteiger partial charge is 0.203 e. The third kappa shape index (κ3) is 3.12. The summed E-state index contributed by atoms with van der Waals surface area (Å²) in [6.07, 6.45) is 2.67. The van der Waals surface area contributed by atoms with E-state index in [1.165, 1.54) is 31.5 Å². The van der Waals surface area contributed by atoms with Crippen LogP contribution >= 0.6 is 0 Å². The van der Waals surface area contributed by atoms with Crippen molar-refractivity contribution in [3.63, 3.8) is 0 Å². The molecule has 2 heterocycles. The molecule has 0 bridgehead atoms. The topological polar surface area (TPSA) is 34.2 Å². The number of piperazine rings is 1. The van der Waals surface area contributed by atoms with Crippen molar-refractivity contribution in [2.45, 2.75) is 38.4 Å². The second kappa shape index (κ2) is 6.97. The molecule has 0 saturated carbocycles. The molecule has 2 aliphatic heterocycles. The highest BCUT2D eigenvalue weighted by atomic mass is 16.5. The van der Waals surface area contributed by atoms with E-state index < -0.39 is 0 Å². The maximum atomic E-state index is 5.47. The largest absolute Gasteiger partial charge is 0.493 e. The molecule has 0 spiro atoms. The molecule has 5 nitrogen and oxygen atoms in total. The van der Waals surface area contributed by atoms with Gasteiger partial charge in [0.2, 0.25) is 5.75 Å². The second-order valence-corrected chi connectivity index (χ2v) is 6.49. The predicted octanol–water partition coefficient (Wildman–Crippen LogP) is 2.38. The maximum absolute atomic E-state index is 5.47. The van der Waals surface area contributed by atoms with E-state index in [2.05, 4.69) is 28.9 Å². The van der Waals surface area contributed by atoms with E-state index in [9.17, 15) is 0 Å². The van der Waals surface area contributed by atoms with Crippen molar-refractivity contribution in [2.75, 3.05) is 41.0 Å². The Hall–Kier alpha value is -1.46. The van der Waals surface area contributed by atoms with Crippen LogP contribution in [0, 0.1) is 0 Å². The average Bonchev–Trinajstić information content (AvgIpc) is 3.05. The molecule has 0 N–H and O–H groups in total. The zero-order chi connectivity index (χ0) is 16.4. The molecule has 0 radical (unpaired) electrons. The Morgan fingerprint density at radius 2 is 1.70 bits per heavy atom. The number of benzene rings is 1. The minimum Gasteiger partial charge on any atom is -0.493 e. The van der Waals surface area contributed by atoms with E-state index in [0.29, 0.717) is 17.8 Å². The molecule has 2 atom stereocenters. The Labute approximate surface area is 139 Å². The van der Waals surface area contributed by atoms with Crippen LogP contribution in [0.1, 0.15) is 25.3 Å². The fraction of sp³-hybridized carbons (Fsp3) is 0.667. The first-order valence-corrected chi connectivity index (χ1v) is 8.45. The summed E-state index contributed by atoms with van der Waals surface area (Å²) in [5.41, 5.74) is 1.21. The van der Waals surface area contributed by atoms with Crippen molar-refractivity contribution in [3.05, 3.63) is 17.7 Å². The summed E-state index contributed by atoms with van der Waals surface area (Å²) in [5.74, 6) is 2.12. The van der Waals surface area contributed by atoms with Crippen LogP contribution in [0.2, 0.25) is 0 Å². The van der Waals surface area contributed by atoms with Crippen molar-refractivity contribution < 1.29 is 14.2 Å². The number of fused-ring (bicyclic) bond motifs is 1. The fourth-order valence-corrected chi connectivity index (χ4v) is 4.06. The van der Waals surface area contributed by atoms with Gasteiger partial charge < -0.3 is 14.2 Å². The minimum atomic E-state index is 0.588. The van der Waals surface area contributed by atoms with Gasteiger partial charge in [-0.1, -0.05) is 0 Å². The van der Waals surface area contributed by atoms with E-state index in [-0.39, 0.29) is 0 Å². The van der Waals surface area contributed by atoms with Crippen LogP contribution in [-0.4, -0.2) is 62.8 Å². The summed E-state index contributed by atoms with van der Waals surface area (Å²) in [5, 5.41) is 0. The molecule has 3 rings (SSSR count). The number of hydrogen-bond acceptors (Lipinski definition) is 5. The lowest BCUT2D eigenvalue weighted by atomic mass is 10.0. The van der Waals surface area contributed by atoms with Crippen molar-refractivity contribution in [2.24, 2.45) is 0 Å². The van der Waals surface area contributed by atoms with Gasteiger partial charge in [0.1, 0.15) is 0 Å². The first-order chi connectivity index (χ1) is 11.2. The molecule has 1 aromatic rings. The number of nitrogens with zero attached hydrogens (tertiary/aromatic N) is 2. The summed E-state index contributed by atoms with van der Waals surface area (Å²) in [6, 6.07) is 5.43. The molecule has 1 aromatic carbocycles. The molecule has 128 valence electrons. The van der Waals surface area contributed by atoms with Gasteiger partial charge in [0.05, 0.1) is 21.3 Å². The highest BCUT2D eigenvalue weighted by molar-refractivity contribution is 5.53. The van der Waals surface area contributed by atoms with Crippen LogP contribution in [0.5, 0.6) is 17.2 Å². The van der Waals surface area contributed by atoms with Gasteiger partial charge in [-0.2, -0.15) is 0 Å². The Kier molecular flexibility index (Phi) is 4.97. The van der Waals surface area contributed by atoms with Gasteiger partial charge in [-0.15, -0.1) is 0 Å². The summed E-state index contributed by atoms with van der Waals surface area (Å²) in [4.78, 5) is 5.23. The number of ether oxygens (including phenoxy) is 3. The van der Waals surface area contributed by atoms with Gasteiger partial charge in [-0.3, -0.25) is 9.80 Å². The minimum absolute atomic E-state index is 0.588. The van der Waals surface area contributed by atoms with Crippen LogP contribution in [0.25, 0.3) is 0 Å². The summed E-state index contributed by atoms with van der Waals surface area (Å²) < 4.78 is 16.4. The van der Waals surface area contributed by atoms with E-state index in [4.69, 9.17) is 14.2 Å². The van der Waals surface area contributed by atoms with Crippen LogP contribution in [0.4, 0.5) is 0 Å². The predicted molar refractivity (Wildman–Crippen MR) is 90.6 cm³/mol. The zero-order valence-corrected chi connectivity index (χ0v) is 14.7. The maximum Gasteiger partial charge on any atom is 0.203 e. The molecule has 2 aliphatic rings. The quantitative estimate of drug-likeness (QED) is 0.832. The standard InChI is InChI=1S/C18H28N2O3/c1-13-15-6-5-7-19(15)8-9-20(13)12-14-10-16(21-2)18(23-4)17(11-14)22-3/h10-11,13,15H,5-9,12H2,1-4H3/t13-,15-/m1/s1. The van der Waals surface area contributed by atoms with Crippen LogP contribution in [-0.2, 0) is 6.54 Å². The number of methoxy groups -OCH3 is 3. The highest BCUT2D eigenvalue weighted by Gasteiger charge is 2.36. The first-order valence-electron chi connectivity index (χ1n) is 8.45. The SMILES string of the molecule is COc1cc(CN2CCN3CCC[C@@H]3[C@H]2C)cc(OC)c1OC. The molecule has 2 saturated heterocycles. The Morgan fingerprint density at radius 1 is 1.00 bits per heavy atom.